The maximum Gasteiger partial charge on any atom is 0.311 e. The normalized spacial score (nSPS) is 27.2. The van der Waals surface area contributed by atoms with Gasteiger partial charge in [-0.1, -0.05) is 0 Å². The Morgan fingerprint density at radius 2 is 1.71 bits per heavy atom. The Labute approximate surface area is 122 Å². The molecule has 2 aliphatic rings. The highest BCUT2D eigenvalue weighted by molar-refractivity contribution is 5.75. The Balaban J connectivity index is 1.97. The van der Waals surface area contributed by atoms with Gasteiger partial charge in [-0.3, -0.25) is 4.79 Å². The van der Waals surface area contributed by atoms with Gasteiger partial charge >= 0.3 is 5.97 Å². The van der Waals surface area contributed by atoms with Crippen molar-refractivity contribution in [3.8, 4) is 17.2 Å². The monoisotopic (exact) mass is 294 g/mol. The summed E-state index contributed by atoms with van der Waals surface area (Å²) >= 11 is 0. The first-order valence-corrected chi connectivity index (χ1v) is 6.77. The van der Waals surface area contributed by atoms with Crippen LogP contribution in [0.15, 0.2) is 12.1 Å². The molecule has 0 aliphatic carbocycles. The van der Waals surface area contributed by atoms with E-state index in [1.807, 2.05) is 12.1 Å². The molecule has 6 heteroatoms. The number of hydrogen-bond acceptors (Lipinski definition) is 6. The van der Waals surface area contributed by atoms with Crippen LogP contribution in [0, 0.1) is 11.8 Å². The molecule has 3 rings (SSSR count). The second-order valence-electron chi connectivity index (χ2n) is 5.11. The number of carbonyl (C=O) groups excluding carboxylic acids is 1. The Kier molecular flexibility index (Phi) is 3.63. The van der Waals surface area contributed by atoms with Crippen LogP contribution >= 0.6 is 0 Å². The van der Waals surface area contributed by atoms with Crippen LogP contribution in [0.5, 0.6) is 17.2 Å². The van der Waals surface area contributed by atoms with E-state index in [0.29, 0.717) is 30.5 Å². The summed E-state index contributed by atoms with van der Waals surface area (Å²) in [5.41, 5.74) is 0.898. The zero-order valence-electron chi connectivity index (χ0n) is 12.3. The van der Waals surface area contributed by atoms with Crippen molar-refractivity contribution in [3.63, 3.8) is 0 Å². The molecule has 2 fully saturated rings. The molecule has 0 saturated carbocycles. The fraction of sp³-hybridized carbons (Fsp3) is 0.533. The number of benzene rings is 1. The molecule has 6 nitrogen and oxygen atoms in total. The quantitative estimate of drug-likeness (QED) is 0.786. The minimum absolute atomic E-state index is 0.0420. The topological polar surface area (TPSA) is 63.2 Å². The van der Waals surface area contributed by atoms with E-state index in [-0.39, 0.29) is 23.9 Å². The van der Waals surface area contributed by atoms with Gasteiger partial charge in [0.25, 0.3) is 0 Å². The van der Waals surface area contributed by atoms with Gasteiger partial charge in [-0.05, 0) is 17.7 Å². The minimum Gasteiger partial charge on any atom is -0.493 e. The zero-order valence-corrected chi connectivity index (χ0v) is 12.3. The third-order valence-corrected chi connectivity index (χ3v) is 4.10. The molecule has 0 N–H and O–H groups in total. The second kappa shape index (κ2) is 5.44. The lowest BCUT2D eigenvalue weighted by molar-refractivity contribution is -0.142. The number of cyclic esters (lactones) is 1. The van der Waals surface area contributed by atoms with Crippen LogP contribution in [-0.2, 0) is 14.3 Å². The molecule has 21 heavy (non-hydrogen) atoms. The Morgan fingerprint density at radius 1 is 1.05 bits per heavy atom. The van der Waals surface area contributed by atoms with Crippen molar-refractivity contribution in [1.29, 1.82) is 0 Å². The molecule has 0 bridgehead atoms. The van der Waals surface area contributed by atoms with Gasteiger partial charge in [0.15, 0.2) is 11.5 Å². The van der Waals surface area contributed by atoms with Crippen molar-refractivity contribution in [3.05, 3.63) is 17.7 Å². The summed E-state index contributed by atoms with van der Waals surface area (Å²) in [6, 6.07) is 3.72. The molecule has 114 valence electrons. The highest BCUT2D eigenvalue weighted by Gasteiger charge is 2.48. The fourth-order valence-corrected chi connectivity index (χ4v) is 3.01. The summed E-state index contributed by atoms with van der Waals surface area (Å²) in [6.45, 7) is 0.787. The number of ether oxygens (including phenoxy) is 5. The van der Waals surface area contributed by atoms with Crippen LogP contribution in [0.2, 0.25) is 0 Å². The van der Waals surface area contributed by atoms with Gasteiger partial charge in [-0.25, -0.2) is 0 Å². The van der Waals surface area contributed by atoms with E-state index in [2.05, 4.69) is 0 Å². The van der Waals surface area contributed by atoms with E-state index in [0.717, 1.165) is 5.56 Å². The maximum absolute atomic E-state index is 11.6. The lowest BCUT2D eigenvalue weighted by Gasteiger charge is -2.19. The Morgan fingerprint density at radius 3 is 2.29 bits per heavy atom. The third-order valence-electron chi connectivity index (χ3n) is 4.10. The number of rotatable bonds is 4. The van der Waals surface area contributed by atoms with Gasteiger partial charge in [0.2, 0.25) is 5.75 Å². The van der Waals surface area contributed by atoms with Gasteiger partial charge in [0, 0.05) is 5.92 Å². The largest absolute Gasteiger partial charge is 0.493 e. The van der Waals surface area contributed by atoms with E-state index >= 15 is 0 Å². The summed E-state index contributed by atoms with van der Waals surface area (Å²) in [6.07, 6.45) is -0.199. The molecule has 2 saturated heterocycles. The summed E-state index contributed by atoms with van der Waals surface area (Å²) in [7, 11) is 4.70. The molecule has 0 spiro atoms. The summed E-state index contributed by atoms with van der Waals surface area (Å²) < 4.78 is 26.9. The van der Waals surface area contributed by atoms with Gasteiger partial charge in [-0.2, -0.15) is 0 Å². The smallest absolute Gasteiger partial charge is 0.311 e. The van der Waals surface area contributed by atoms with Gasteiger partial charge in [0.05, 0.1) is 46.6 Å². The second-order valence-corrected chi connectivity index (χ2v) is 5.11. The fourth-order valence-electron chi connectivity index (χ4n) is 3.01. The van der Waals surface area contributed by atoms with Crippen LogP contribution in [0.25, 0.3) is 0 Å². The zero-order chi connectivity index (χ0) is 15.0. The van der Waals surface area contributed by atoms with Crippen LogP contribution < -0.4 is 14.2 Å². The van der Waals surface area contributed by atoms with Crippen molar-refractivity contribution in [2.75, 3.05) is 34.5 Å². The summed E-state index contributed by atoms with van der Waals surface area (Å²) in [5, 5.41) is 0. The van der Waals surface area contributed by atoms with E-state index in [1.165, 1.54) is 0 Å². The van der Waals surface area contributed by atoms with Gasteiger partial charge in [0.1, 0.15) is 0 Å². The van der Waals surface area contributed by atoms with Crippen molar-refractivity contribution in [1.82, 2.24) is 0 Å². The van der Waals surface area contributed by atoms with Gasteiger partial charge in [-0.15, -0.1) is 0 Å². The molecule has 3 atom stereocenters. The average molecular weight is 294 g/mol. The Hall–Kier alpha value is -1.95. The lowest BCUT2D eigenvalue weighted by atomic mass is 9.90. The molecule has 1 aromatic carbocycles. The SMILES string of the molecule is COc1cc([C@H]2OC[C@H]3C(=O)OC[C@@H]23)cc(OC)c1OC. The maximum atomic E-state index is 11.6. The molecule has 0 aromatic heterocycles. The first-order valence-electron chi connectivity index (χ1n) is 6.77. The summed E-state index contributed by atoms with van der Waals surface area (Å²) in [4.78, 5) is 11.6. The van der Waals surface area contributed by atoms with E-state index in [4.69, 9.17) is 23.7 Å². The van der Waals surface area contributed by atoms with Crippen LogP contribution in [0.1, 0.15) is 11.7 Å². The average Bonchev–Trinajstić information content (AvgIpc) is 3.09. The van der Waals surface area contributed by atoms with Crippen LogP contribution in [0.4, 0.5) is 0 Å². The predicted molar refractivity (Wildman–Crippen MR) is 72.7 cm³/mol. The molecular weight excluding hydrogens is 276 g/mol. The number of esters is 1. The van der Waals surface area contributed by atoms with E-state index in [9.17, 15) is 4.79 Å². The summed E-state index contributed by atoms with van der Waals surface area (Å²) in [5.74, 6) is 1.38. The van der Waals surface area contributed by atoms with Crippen LogP contribution in [-0.4, -0.2) is 40.5 Å². The number of methoxy groups -OCH3 is 3. The Bertz CT molecular complexity index is 530. The molecule has 0 radical (unpaired) electrons. The van der Waals surface area contributed by atoms with Crippen molar-refractivity contribution in [2.45, 2.75) is 6.10 Å². The standard InChI is InChI=1S/C15H18O6/c1-17-11-4-8(5-12(18-2)14(11)19-3)13-9-6-21-15(16)10(9)7-20-13/h4-5,9-10,13H,6-7H2,1-3H3/t9-,10-,13-/m1/s1. The number of carbonyl (C=O) groups is 1. The van der Waals surface area contributed by atoms with E-state index in [1.54, 1.807) is 21.3 Å². The van der Waals surface area contributed by atoms with Crippen LogP contribution in [0.3, 0.4) is 0 Å². The predicted octanol–water partition coefficient (Wildman–Crippen LogP) is 1.57. The first-order chi connectivity index (χ1) is 10.2. The number of hydrogen-bond donors (Lipinski definition) is 0. The van der Waals surface area contributed by atoms with E-state index < -0.39 is 0 Å². The highest BCUT2D eigenvalue weighted by atomic mass is 16.6. The minimum atomic E-state index is -0.199. The molecule has 2 aliphatic heterocycles. The highest BCUT2D eigenvalue weighted by Crippen LogP contribution is 2.47. The molecule has 1 aromatic rings. The molecule has 0 unspecified atom stereocenters. The van der Waals surface area contributed by atoms with Crippen molar-refractivity contribution < 1.29 is 28.5 Å². The first kappa shape index (κ1) is 14.0. The lowest BCUT2D eigenvalue weighted by Crippen LogP contribution is -2.15. The molecule has 0 amide bonds. The van der Waals surface area contributed by atoms with Gasteiger partial charge < -0.3 is 23.7 Å². The van der Waals surface area contributed by atoms with Crippen molar-refractivity contribution in [2.24, 2.45) is 11.8 Å². The van der Waals surface area contributed by atoms with Crippen molar-refractivity contribution >= 4 is 5.97 Å². The number of fused-ring (bicyclic) bond motifs is 1. The molecule has 2 heterocycles. The molecular formula is C15H18O6. The third kappa shape index (κ3) is 2.19.